The van der Waals surface area contributed by atoms with Crippen molar-refractivity contribution < 1.29 is 22.7 Å². The number of rotatable bonds is 6. The average Bonchev–Trinajstić information content (AvgIpc) is 3.04. The molecule has 3 N–H and O–H groups in total. The molecule has 1 unspecified atom stereocenters. The van der Waals surface area contributed by atoms with Gasteiger partial charge in [0.25, 0.3) is 11.8 Å². The maximum Gasteiger partial charge on any atom is 0.265 e. The first-order valence-electron chi connectivity index (χ1n) is 8.17. The molecule has 1 aromatic heterocycles. The van der Waals surface area contributed by atoms with Gasteiger partial charge in [-0.25, -0.2) is 13.1 Å². The monoisotopic (exact) mass is 409 g/mol. The first-order valence-corrected chi connectivity index (χ1v) is 10.9. The van der Waals surface area contributed by atoms with Gasteiger partial charge in [0.2, 0.25) is 10.0 Å². The Bertz CT molecular complexity index is 984. The number of carbonyl (C=O) groups excluding carboxylic acids is 2. The standard InChI is InChI=1S/C17H19N3O5S2/c1-10-16(21)20-13-9-11(3-5-14(13)25-10)19-17(22)15-6-4-12(26-15)7-8-18-27(2,23)24/h3-6,9-10,18H,7-8H2,1-2H3,(H,19,22)(H,20,21). The lowest BCUT2D eigenvalue weighted by atomic mass is 10.2. The molecule has 0 radical (unpaired) electrons. The van der Waals surface area contributed by atoms with Crippen LogP contribution in [-0.2, 0) is 21.2 Å². The quantitative estimate of drug-likeness (QED) is 0.673. The van der Waals surface area contributed by atoms with Crippen molar-refractivity contribution in [3.05, 3.63) is 40.1 Å². The van der Waals surface area contributed by atoms with Crippen molar-refractivity contribution in [3.63, 3.8) is 0 Å². The van der Waals surface area contributed by atoms with Crippen LogP contribution in [0.25, 0.3) is 0 Å². The van der Waals surface area contributed by atoms with Crippen LogP contribution >= 0.6 is 11.3 Å². The van der Waals surface area contributed by atoms with Crippen molar-refractivity contribution in [2.24, 2.45) is 0 Å². The number of anilines is 2. The topological polar surface area (TPSA) is 114 Å². The number of carbonyl (C=O) groups is 2. The maximum atomic E-state index is 12.4. The van der Waals surface area contributed by atoms with Crippen molar-refractivity contribution in [3.8, 4) is 5.75 Å². The zero-order valence-electron chi connectivity index (χ0n) is 14.7. The number of hydrogen-bond acceptors (Lipinski definition) is 6. The molecule has 1 aliphatic rings. The summed E-state index contributed by atoms with van der Waals surface area (Å²) in [6.45, 7) is 1.94. The fourth-order valence-electron chi connectivity index (χ4n) is 2.47. The minimum Gasteiger partial charge on any atom is -0.479 e. The van der Waals surface area contributed by atoms with Crippen molar-refractivity contribution in [1.82, 2.24) is 4.72 Å². The molecular formula is C17H19N3O5S2. The zero-order valence-corrected chi connectivity index (χ0v) is 16.4. The van der Waals surface area contributed by atoms with Crippen LogP contribution in [0.2, 0.25) is 0 Å². The van der Waals surface area contributed by atoms with Crippen LogP contribution in [0.5, 0.6) is 5.75 Å². The summed E-state index contributed by atoms with van der Waals surface area (Å²) in [5, 5.41) is 5.51. The molecule has 0 fully saturated rings. The number of nitrogens with one attached hydrogen (secondary N) is 3. The van der Waals surface area contributed by atoms with Crippen molar-refractivity contribution in [1.29, 1.82) is 0 Å². The summed E-state index contributed by atoms with van der Waals surface area (Å²) >= 11 is 1.30. The van der Waals surface area contributed by atoms with Crippen molar-refractivity contribution in [2.75, 3.05) is 23.4 Å². The van der Waals surface area contributed by atoms with Gasteiger partial charge in [-0.2, -0.15) is 0 Å². The summed E-state index contributed by atoms with van der Waals surface area (Å²) in [5.74, 6) is 0.0344. The summed E-state index contributed by atoms with van der Waals surface area (Å²) in [6.07, 6.45) is 1.05. The van der Waals surface area contributed by atoms with E-state index in [2.05, 4.69) is 15.4 Å². The van der Waals surface area contributed by atoms with E-state index < -0.39 is 16.1 Å². The molecule has 2 amide bonds. The maximum absolute atomic E-state index is 12.4. The molecule has 0 aliphatic carbocycles. The number of thiophene rings is 1. The molecule has 8 nitrogen and oxygen atoms in total. The molecule has 0 bridgehead atoms. The van der Waals surface area contributed by atoms with E-state index in [1.54, 1.807) is 37.3 Å². The normalized spacial score (nSPS) is 16.2. The Labute approximate surface area is 161 Å². The Morgan fingerprint density at radius 2 is 2.07 bits per heavy atom. The van der Waals surface area contributed by atoms with Gasteiger partial charge in [0.1, 0.15) is 5.75 Å². The highest BCUT2D eigenvalue weighted by Gasteiger charge is 2.23. The Balaban J connectivity index is 1.63. The average molecular weight is 409 g/mol. The second-order valence-corrected chi connectivity index (χ2v) is 9.10. The van der Waals surface area contributed by atoms with E-state index in [9.17, 15) is 18.0 Å². The van der Waals surface area contributed by atoms with Gasteiger partial charge in [-0.05, 0) is 43.7 Å². The van der Waals surface area contributed by atoms with Crippen molar-refractivity contribution >= 4 is 44.5 Å². The Kier molecular flexibility index (Phi) is 5.49. The second-order valence-electron chi connectivity index (χ2n) is 6.10. The molecule has 27 heavy (non-hydrogen) atoms. The Hall–Kier alpha value is -2.43. The van der Waals surface area contributed by atoms with E-state index >= 15 is 0 Å². The lowest BCUT2D eigenvalue weighted by molar-refractivity contribution is -0.122. The zero-order chi connectivity index (χ0) is 19.6. The van der Waals surface area contributed by atoms with Crippen LogP contribution in [0.4, 0.5) is 11.4 Å². The van der Waals surface area contributed by atoms with Crippen LogP contribution < -0.4 is 20.1 Å². The number of hydrogen-bond donors (Lipinski definition) is 3. The molecule has 144 valence electrons. The van der Waals surface area contributed by atoms with E-state index in [4.69, 9.17) is 4.74 Å². The van der Waals surface area contributed by atoms with Crippen LogP contribution in [0, 0.1) is 0 Å². The van der Waals surface area contributed by atoms with E-state index in [-0.39, 0.29) is 18.4 Å². The van der Waals surface area contributed by atoms with Gasteiger partial charge < -0.3 is 15.4 Å². The largest absolute Gasteiger partial charge is 0.479 e. The van der Waals surface area contributed by atoms with Gasteiger partial charge in [0.15, 0.2) is 6.10 Å². The van der Waals surface area contributed by atoms with Gasteiger partial charge in [-0.1, -0.05) is 0 Å². The predicted molar refractivity (Wildman–Crippen MR) is 104 cm³/mol. The first-order chi connectivity index (χ1) is 12.7. The minimum absolute atomic E-state index is 0.239. The van der Waals surface area contributed by atoms with Crippen molar-refractivity contribution in [2.45, 2.75) is 19.4 Å². The van der Waals surface area contributed by atoms with Gasteiger partial charge in [-0.15, -0.1) is 11.3 Å². The fraction of sp³-hybridized carbons (Fsp3) is 0.294. The summed E-state index contributed by atoms with van der Waals surface area (Å²) in [6, 6.07) is 8.53. The number of sulfonamides is 1. The first kappa shape index (κ1) is 19.3. The molecule has 0 saturated heterocycles. The third kappa shape index (κ3) is 5.06. The molecule has 0 saturated carbocycles. The number of amides is 2. The second kappa shape index (κ2) is 7.67. The highest BCUT2D eigenvalue weighted by atomic mass is 32.2. The van der Waals surface area contributed by atoms with Gasteiger partial charge in [-0.3, -0.25) is 9.59 Å². The molecule has 0 spiro atoms. The molecule has 10 heteroatoms. The van der Waals surface area contributed by atoms with Gasteiger partial charge >= 0.3 is 0 Å². The summed E-state index contributed by atoms with van der Waals surface area (Å²) < 4.78 is 30.0. The number of fused-ring (bicyclic) bond motifs is 1. The molecule has 1 atom stereocenters. The van der Waals surface area contributed by atoms with E-state index in [1.165, 1.54) is 11.3 Å². The molecule has 2 heterocycles. The third-order valence-corrected chi connectivity index (χ3v) is 5.66. The summed E-state index contributed by atoms with van der Waals surface area (Å²) in [4.78, 5) is 25.5. The van der Waals surface area contributed by atoms with E-state index in [0.29, 0.717) is 28.4 Å². The van der Waals surface area contributed by atoms with Crippen LogP contribution in [0.15, 0.2) is 30.3 Å². The van der Waals surface area contributed by atoms with Gasteiger partial charge in [0, 0.05) is 17.1 Å². The molecule has 3 rings (SSSR count). The lowest BCUT2D eigenvalue weighted by Gasteiger charge is -2.23. The van der Waals surface area contributed by atoms with Crippen LogP contribution in [0.1, 0.15) is 21.5 Å². The van der Waals surface area contributed by atoms with Crippen LogP contribution in [0.3, 0.4) is 0 Å². The minimum atomic E-state index is -3.22. The Morgan fingerprint density at radius 3 is 2.81 bits per heavy atom. The predicted octanol–water partition coefficient (Wildman–Crippen LogP) is 1.81. The van der Waals surface area contributed by atoms with E-state index in [1.807, 2.05) is 0 Å². The highest BCUT2D eigenvalue weighted by molar-refractivity contribution is 7.88. The SMILES string of the molecule is CC1Oc2ccc(NC(=O)c3ccc(CCNS(C)(=O)=O)s3)cc2NC1=O. The number of ether oxygens (including phenoxy) is 1. The fourth-order valence-corrected chi connectivity index (χ4v) is 3.85. The third-order valence-electron chi connectivity index (χ3n) is 3.79. The van der Waals surface area contributed by atoms with E-state index in [0.717, 1.165) is 11.1 Å². The molecule has 2 aromatic rings. The molecular weight excluding hydrogens is 390 g/mol. The van der Waals surface area contributed by atoms with Crippen LogP contribution in [-0.4, -0.2) is 39.1 Å². The highest BCUT2D eigenvalue weighted by Crippen LogP contribution is 2.32. The van der Waals surface area contributed by atoms with Gasteiger partial charge in [0.05, 0.1) is 16.8 Å². The smallest absolute Gasteiger partial charge is 0.265 e. The lowest BCUT2D eigenvalue weighted by Crippen LogP contribution is -2.34. The Morgan fingerprint density at radius 1 is 1.30 bits per heavy atom. The summed E-state index contributed by atoms with van der Waals surface area (Å²) in [5.41, 5.74) is 1.04. The number of benzene rings is 1. The molecule has 1 aliphatic heterocycles. The summed E-state index contributed by atoms with van der Waals surface area (Å²) in [7, 11) is -3.22. The molecule has 1 aromatic carbocycles.